The van der Waals surface area contributed by atoms with E-state index >= 15 is 0 Å². The summed E-state index contributed by atoms with van der Waals surface area (Å²) in [5.41, 5.74) is 1.17. The van der Waals surface area contributed by atoms with Gasteiger partial charge in [-0.05, 0) is 25.3 Å². The molecular formula is C13H16O5. The Morgan fingerprint density at radius 3 is 2.39 bits per heavy atom. The van der Waals surface area contributed by atoms with Gasteiger partial charge < -0.3 is 14.2 Å². The topological polar surface area (TPSA) is 61.8 Å². The second-order valence-electron chi connectivity index (χ2n) is 3.47. The molecule has 1 rings (SSSR count). The number of hydrogen-bond donors (Lipinski definition) is 0. The molecule has 1 aromatic carbocycles. The summed E-state index contributed by atoms with van der Waals surface area (Å²) in [7, 11) is 0. The molecule has 0 atom stereocenters. The fourth-order valence-electron chi connectivity index (χ4n) is 1.32. The van der Waals surface area contributed by atoms with E-state index in [9.17, 15) is 9.59 Å². The first-order valence-electron chi connectivity index (χ1n) is 5.77. The van der Waals surface area contributed by atoms with E-state index in [-0.39, 0.29) is 13.2 Å². The predicted molar refractivity (Wildman–Crippen MR) is 64.2 cm³/mol. The second-order valence-corrected chi connectivity index (χ2v) is 3.47. The van der Waals surface area contributed by atoms with Gasteiger partial charge in [0, 0.05) is 0 Å². The van der Waals surface area contributed by atoms with E-state index in [1.807, 2.05) is 30.3 Å². The molecule has 0 bridgehead atoms. The standard InChI is InChI=1S/C13H16O5/c1-2-16-12(14)18-13(15)17-10-6-9-11-7-4-3-5-8-11/h3-5,7-8H,2,6,9-10H2,1H3. The van der Waals surface area contributed by atoms with Gasteiger partial charge in [0.05, 0.1) is 13.2 Å². The third-order valence-corrected chi connectivity index (χ3v) is 2.10. The lowest BCUT2D eigenvalue weighted by Crippen LogP contribution is -2.15. The Hall–Kier alpha value is -2.04. The molecule has 0 radical (unpaired) electrons. The largest absolute Gasteiger partial charge is 0.518 e. The second kappa shape index (κ2) is 8.11. The molecule has 0 spiro atoms. The highest BCUT2D eigenvalue weighted by atomic mass is 16.8. The fraction of sp³-hybridized carbons (Fsp3) is 0.385. The average Bonchev–Trinajstić information content (AvgIpc) is 2.36. The average molecular weight is 252 g/mol. The van der Waals surface area contributed by atoms with Gasteiger partial charge in [0.15, 0.2) is 0 Å². The first-order chi connectivity index (χ1) is 8.72. The maximum absolute atomic E-state index is 11.0. The number of hydrogen-bond acceptors (Lipinski definition) is 5. The summed E-state index contributed by atoms with van der Waals surface area (Å²) in [5, 5.41) is 0. The fourth-order valence-corrected chi connectivity index (χ4v) is 1.32. The van der Waals surface area contributed by atoms with Crippen molar-refractivity contribution in [1.29, 1.82) is 0 Å². The van der Waals surface area contributed by atoms with Crippen LogP contribution in [0.25, 0.3) is 0 Å². The van der Waals surface area contributed by atoms with E-state index in [1.165, 1.54) is 5.56 Å². The van der Waals surface area contributed by atoms with Gasteiger partial charge in [-0.3, -0.25) is 0 Å². The van der Waals surface area contributed by atoms with Crippen LogP contribution in [-0.2, 0) is 20.6 Å². The van der Waals surface area contributed by atoms with Crippen molar-refractivity contribution in [2.24, 2.45) is 0 Å². The predicted octanol–water partition coefficient (Wildman–Crippen LogP) is 2.93. The molecule has 18 heavy (non-hydrogen) atoms. The first kappa shape index (κ1) is 14.0. The normalized spacial score (nSPS) is 9.61. The van der Waals surface area contributed by atoms with Gasteiger partial charge in [-0.2, -0.15) is 0 Å². The highest BCUT2D eigenvalue weighted by Gasteiger charge is 2.11. The smallest absolute Gasteiger partial charge is 0.434 e. The summed E-state index contributed by atoms with van der Waals surface area (Å²) in [6, 6.07) is 9.83. The molecule has 0 N–H and O–H groups in total. The van der Waals surface area contributed by atoms with Gasteiger partial charge in [-0.15, -0.1) is 0 Å². The van der Waals surface area contributed by atoms with Crippen LogP contribution < -0.4 is 0 Å². The van der Waals surface area contributed by atoms with E-state index in [4.69, 9.17) is 4.74 Å². The molecule has 0 heterocycles. The Morgan fingerprint density at radius 1 is 1.06 bits per heavy atom. The number of benzene rings is 1. The van der Waals surface area contributed by atoms with Crippen LogP contribution >= 0.6 is 0 Å². The van der Waals surface area contributed by atoms with E-state index in [0.717, 1.165) is 6.42 Å². The number of carbonyl (C=O) groups excluding carboxylic acids is 2. The Labute approximate surface area is 106 Å². The molecule has 0 amide bonds. The SMILES string of the molecule is CCOC(=O)OC(=O)OCCCc1ccccc1. The quantitative estimate of drug-likeness (QED) is 0.458. The Morgan fingerprint density at radius 2 is 1.72 bits per heavy atom. The summed E-state index contributed by atoms with van der Waals surface area (Å²) in [6.45, 7) is 1.97. The van der Waals surface area contributed by atoms with Gasteiger partial charge in [-0.25, -0.2) is 9.59 Å². The maximum atomic E-state index is 11.0. The van der Waals surface area contributed by atoms with Gasteiger partial charge in [0.2, 0.25) is 0 Å². The summed E-state index contributed by atoms with van der Waals surface area (Å²) in [4.78, 5) is 21.8. The minimum Gasteiger partial charge on any atom is -0.434 e. The summed E-state index contributed by atoms with van der Waals surface area (Å²) in [5.74, 6) is 0. The van der Waals surface area contributed by atoms with Gasteiger partial charge in [0.25, 0.3) is 0 Å². The van der Waals surface area contributed by atoms with Crippen LogP contribution in [0.2, 0.25) is 0 Å². The Kier molecular flexibility index (Phi) is 6.32. The van der Waals surface area contributed by atoms with Crippen molar-refractivity contribution in [3.05, 3.63) is 35.9 Å². The molecule has 1 aromatic rings. The summed E-state index contributed by atoms with van der Waals surface area (Å²) < 4.78 is 13.4. The summed E-state index contributed by atoms with van der Waals surface area (Å²) in [6.07, 6.45) is -0.595. The molecule has 5 heteroatoms. The lowest BCUT2D eigenvalue weighted by Gasteiger charge is -2.04. The van der Waals surface area contributed by atoms with E-state index < -0.39 is 12.3 Å². The van der Waals surface area contributed by atoms with Crippen LogP contribution in [0.4, 0.5) is 9.59 Å². The minimum absolute atomic E-state index is 0.153. The molecule has 0 aliphatic heterocycles. The van der Waals surface area contributed by atoms with E-state index in [2.05, 4.69) is 9.47 Å². The molecule has 5 nitrogen and oxygen atoms in total. The van der Waals surface area contributed by atoms with Crippen molar-refractivity contribution < 1.29 is 23.8 Å². The molecule has 0 aliphatic rings. The van der Waals surface area contributed by atoms with Crippen molar-refractivity contribution in [1.82, 2.24) is 0 Å². The van der Waals surface area contributed by atoms with Gasteiger partial charge >= 0.3 is 12.3 Å². The summed E-state index contributed by atoms with van der Waals surface area (Å²) >= 11 is 0. The zero-order valence-corrected chi connectivity index (χ0v) is 10.3. The first-order valence-corrected chi connectivity index (χ1v) is 5.77. The number of carbonyl (C=O) groups is 2. The zero-order chi connectivity index (χ0) is 13.2. The lowest BCUT2D eigenvalue weighted by atomic mass is 10.1. The molecular weight excluding hydrogens is 236 g/mol. The van der Waals surface area contributed by atoms with Crippen molar-refractivity contribution in [3.63, 3.8) is 0 Å². The van der Waals surface area contributed by atoms with Crippen LogP contribution in [-0.4, -0.2) is 25.5 Å². The van der Waals surface area contributed by atoms with Crippen LogP contribution in [0.3, 0.4) is 0 Å². The third kappa shape index (κ3) is 5.89. The zero-order valence-electron chi connectivity index (χ0n) is 10.3. The van der Waals surface area contributed by atoms with Crippen LogP contribution in [0.1, 0.15) is 18.9 Å². The molecule has 98 valence electrons. The third-order valence-electron chi connectivity index (χ3n) is 2.10. The molecule has 0 saturated heterocycles. The van der Waals surface area contributed by atoms with Gasteiger partial charge in [0.1, 0.15) is 0 Å². The number of ether oxygens (including phenoxy) is 3. The minimum atomic E-state index is -1.04. The lowest BCUT2D eigenvalue weighted by molar-refractivity contribution is 0.0383. The van der Waals surface area contributed by atoms with Crippen molar-refractivity contribution in [3.8, 4) is 0 Å². The molecule has 0 saturated carbocycles. The molecule has 0 aliphatic carbocycles. The molecule has 0 fully saturated rings. The van der Waals surface area contributed by atoms with E-state index in [1.54, 1.807) is 6.92 Å². The van der Waals surface area contributed by atoms with Crippen molar-refractivity contribution in [2.45, 2.75) is 19.8 Å². The molecule has 0 unspecified atom stereocenters. The van der Waals surface area contributed by atoms with E-state index in [0.29, 0.717) is 6.42 Å². The van der Waals surface area contributed by atoms with Crippen LogP contribution in [0.15, 0.2) is 30.3 Å². The number of rotatable bonds is 5. The van der Waals surface area contributed by atoms with Crippen molar-refractivity contribution >= 4 is 12.3 Å². The Bertz CT molecular complexity index is 374. The van der Waals surface area contributed by atoms with Crippen LogP contribution in [0, 0.1) is 0 Å². The number of aryl methyl sites for hydroxylation is 1. The highest BCUT2D eigenvalue weighted by molar-refractivity contribution is 5.76. The Balaban J connectivity index is 2.11. The van der Waals surface area contributed by atoms with Crippen LogP contribution in [0.5, 0.6) is 0 Å². The highest BCUT2D eigenvalue weighted by Crippen LogP contribution is 2.02. The molecule has 0 aromatic heterocycles. The van der Waals surface area contributed by atoms with Crippen molar-refractivity contribution in [2.75, 3.05) is 13.2 Å². The monoisotopic (exact) mass is 252 g/mol. The van der Waals surface area contributed by atoms with Gasteiger partial charge in [-0.1, -0.05) is 30.3 Å². The maximum Gasteiger partial charge on any atom is 0.518 e.